The van der Waals surface area contributed by atoms with E-state index >= 15 is 0 Å². The lowest BCUT2D eigenvalue weighted by Gasteiger charge is -2.75. The number of benzene rings is 2. The van der Waals surface area contributed by atoms with Crippen LogP contribution in [0.4, 0.5) is 8.78 Å². The van der Waals surface area contributed by atoms with Gasteiger partial charge in [0.2, 0.25) is 0 Å². The van der Waals surface area contributed by atoms with Crippen molar-refractivity contribution in [3.8, 4) is 11.5 Å². The maximum Gasteiger partial charge on any atom is 0.258 e. The summed E-state index contributed by atoms with van der Waals surface area (Å²) in [6.07, 6.45) is 2.55. The molecule has 0 spiro atoms. The molecule has 11 heteroatoms. The average molecular weight is 491 g/mol. The molecule has 178 valence electrons. The number of hydrogen-bond acceptors (Lipinski definition) is 5. The van der Waals surface area contributed by atoms with E-state index < -0.39 is 22.7 Å². The number of H-pyrrole nitrogens is 1. The lowest BCUT2D eigenvalue weighted by molar-refractivity contribution is -0.183. The molecule has 2 bridgehead atoms. The van der Waals surface area contributed by atoms with Gasteiger partial charge in [-0.1, -0.05) is 18.5 Å². The molecule has 2 amide bonds. The zero-order valence-corrected chi connectivity index (χ0v) is 18.8. The summed E-state index contributed by atoms with van der Waals surface area (Å²) in [6.45, 7) is 1.42. The topological polar surface area (TPSA) is 105 Å². The molecule has 3 N–H and O–H groups in total. The molecule has 3 aliphatic carbocycles. The van der Waals surface area contributed by atoms with Gasteiger partial charge in [0.15, 0.2) is 13.2 Å². The van der Waals surface area contributed by atoms with E-state index in [-0.39, 0.29) is 47.5 Å². The number of ether oxygens (including phenoxy) is 2. The first-order chi connectivity index (χ1) is 16.2. The Bertz CT molecular complexity index is 1290. The monoisotopic (exact) mass is 490 g/mol. The van der Waals surface area contributed by atoms with E-state index in [0.29, 0.717) is 23.7 Å². The van der Waals surface area contributed by atoms with Gasteiger partial charge in [-0.2, -0.15) is 5.10 Å². The van der Waals surface area contributed by atoms with Crippen LogP contribution in [0.5, 0.6) is 11.5 Å². The van der Waals surface area contributed by atoms with Crippen molar-refractivity contribution in [2.24, 2.45) is 5.92 Å². The fourth-order valence-electron chi connectivity index (χ4n) is 4.90. The van der Waals surface area contributed by atoms with Gasteiger partial charge in [-0.15, -0.1) is 0 Å². The van der Waals surface area contributed by atoms with Crippen LogP contribution in [0, 0.1) is 17.6 Å². The molecular formula is C23H21ClF2N4O4. The number of halogens is 3. The summed E-state index contributed by atoms with van der Waals surface area (Å²) >= 11 is 5.63. The quantitative estimate of drug-likeness (QED) is 0.450. The van der Waals surface area contributed by atoms with Crippen LogP contribution in [-0.2, 0) is 9.59 Å². The standard InChI is InChI=1S/C23H21ClF2N4O4/c1-12-22(28-20(31)8-33-13-2-3-16(24)18(26)4-13)10-23(12,11-22)29-21(32)9-34-14-5-17(25)15-7-27-30-19(15)6-14/h2-7,12H,8-11H2,1H3,(H,27,30)(H,28,31)(H,29,32)/t12-,22?,23?/m0/s1. The molecule has 1 heterocycles. The highest BCUT2D eigenvalue weighted by molar-refractivity contribution is 6.30. The molecule has 3 aromatic rings. The third-order valence-electron chi connectivity index (χ3n) is 6.81. The largest absolute Gasteiger partial charge is 0.484 e. The Morgan fingerprint density at radius 3 is 2.29 bits per heavy atom. The number of aromatic nitrogens is 2. The molecule has 1 aromatic heterocycles. The number of carbonyl (C=O) groups excluding carboxylic acids is 2. The van der Waals surface area contributed by atoms with Gasteiger partial charge in [-0.3, -0.25) is 14.7 Å². The normalized spacial score (nSPS) is 24.6. The van der Waals surface area contributed by atoms with Crippen molar-refractivity contribution in [1.82, 2.24) is 20.8 Å². The number of amides is 2. The van der Waals surface area contributed by atoms with Gasteiger partial charge in [0, 0.05) is 35.2 Å². The van der Waals surface area contributed by atoms with Gasteiger partial charge in [0.05, 0.1) is 22.1 Å². The van der Waals surface area contributed by atoms with E-state index in [1.807, 2.05) is 6.92 Å². The Kier molecular flexibility index (Phi) is 5.35. The molecule has 0 saturated heterocycles. The van der Waals surface area contributed by atoms with Crippen LogP contribution in [0.25, 0.3) is 10.9 Å². The fourth-order valence-corrected chi connectivity index (χ4v) is 5.02. The van der Waals surface area contributed by atoms with E-state index in [0.717, 1.165) is 6.07 Å². The lowest BCUT2D eigenvalue weighted by Crippen LogP contribution is -2.89. The first-order valence-corrected chi connectivity index (χ1v) is 11.0. The highest BCUT2D eigenvalue weighted by atomic mass is 35.5. The lowest BCUT2D eigenvalue weighted by atomic mass is 9.37. The first-order valence-electron chi connectivity index (χ1n) is 10.7. The van der Waals surface area contributed by atoms with Gasteiger partial charge in [0.25, 0.3) is 11.8 Å². The van der Waals surface area contributed by atoms with Crippen LogP contribution in [0.3, 0.4) is 0 Å². The number of rotatable bonds is 8. The van der Waals surface area contributed by atoms with Crippen molar-refractivity contribution in [1.29, 1.82) is 0 Å². The van der Waals surface area contributed by atoms with Gasteiger partial charge in [-0.25, -0.2) is 8.78 Å². The summed E-state index contributed by atoms with van der Waals surface area (Å²) in [5.74, 6) is -1.33. The zero-order valence-electron chi connectivity index (χ0n) is 18.1. The highest BCUT2D eigenvalue weighted by Crippen LogP contribution is 2.64. The number of carbonyl (C=O) groups is 2. The molecule has 34 heavy (non-hydrogen) atoms. The molecule has 1 atom stereocenters. The average Bonchev–Trinajstić information content (AvgIpc) is 3.26. The molecule has 3 saturated carbocycles. The van der Waals surface area contributed by atoms with E-state index in [9.17, 15) is 18.4 Å². The summed E-state index contributed by atoms with van der Waals surface area (Å²) in [7, 11) is 0. The van der Waals surface area contributed by atoms with Crippen LogP contribution in [-0.4, -0.2) is 46.3 Å². The van der Waals surface area contributed by atoms with Crippen molar-refractivity contribution < 1.29 is 27.8 Å². The van der Waals surface area contributed by atoms with Crippen molar-refractivity contribution in [2.75, 3.05) is 13.2 Å². The smallest absolute Gasteiger partial charge is 0.258 e. The summed E-state index contributed by atoms with van der Waals surface area (Å²) in [5.41, 5.74) is -0.340. The molecule has 0 unspecified atom stereocenters. The third-order valence-corrected chi connectivity index (χ3v) is 7.12. The third kappa shape index (κ3) is 3.81. The fraction of sp³-hybridized carbons (Fsp3) is 0.348. The van der Waals surface area contributed by atoms with Crippen LogP contribution in [0.2, 0.25) is 5.02 Å². The second-order valence-electron chi connectivity index (χ2n) is 8.87. The SMILES string of the molecule is C[C@H]1C2(NC(=O)COc3ccc(Cl)c(F)c3)CC1(NC(=O)COc1cc(F)c3cn[nH]c3c1)C2. The number of nitrogens with one attached hydrogen (secondary N) is 3. The number of nitrogens with zero attached hydrogens (tertiary/aromatic N) is 1. The number of fused-ring (bicyclic) bond motifs is 1. The molecule has 3 aliphatic rings. The van der Waals surface area contributed by atoms with E-state index in [1.54, 1.807) is 6.07 Å². The second-order valence-corrected chi connectivity index (χ2v) is 9.28. The van der Waals surface area contributed by atoms with Crippen molar-refractivity contribution in [2.45, 2.75) is 30.8 Å². The van der Waals surface area contributed by atoms with E-state index in [2.05, 4.69) is 20.8 Å². The van der Waals surface area contributed by atoms with Gasteiger partial charge in [0.1, 0.15) is 23.1 Å². The zero-order chi connectivity index (χ0) is 24.1. The molecule has 0 aliphatic heterocycles. The Labute approximate surface area is 197 Å². The van der Waals surface area contributed by atoms with Gasteiger partial charge in [-0.05, 0) is 25.0 Å². The Balaban J connectivity index is 1.09. The highest BCUT2D eigenvalue weighted by Gasteiger charge is 2.75. The van der Waals surface area contributed by atoms with Crippen LogP contribution in [0.15, 0.2) is 36.5 Å². The van der Waals surface area contributed by atoms with Crippen molar-refractivity contribution in [3.05, 3.63) is 53.2 Å². The maximum atomic E-state index is 14.0. The van der Waals surface area contributed by atoms with E-state index in [1.165, 1.54) is 24.4 Å². The molecule has 6 rings (SSSR count). The Morgan fingerprint density at radius 1 is 1.06 bits per heavy atom. The maximum absolute atomic E-state index is 14.0. The minimum absolute atomic E-state index is 0.0136. The molecule has 2 aromatic carbocycles. The molecule has 8 nitrogen and oxygen atoms in total. The molecule has 3 fully saturated rings. The second kappa shape index (κ2) is 8.12. The van der Waals surface area contributed by atoms with Crippen molar-refractivity contribution in [3.63, 3.8) is 0 Å². The predicted molar refractivity (Wildman–Crippen MR) is 119 cm³/mol. The van der Waals surface area contributed by atoms with Gasteiger partial charge >= 0.3 is 0 Å². The summed E-state index contributed by atoms with van der Waals surface area (Å²) in [4.78, 5) is 24.8. The van der Waals surface area contributed by atoms with Crippen LogP contribution >= 0.6 is 11.6 Å². The minimum Gasteiger partial charge on any atom is -0.484 e. The van der Waals surface area contributed by atoms with Crippen LogP contribution in [0.1, 0.15) is 19.8 Å². The Hall–Kier alpha value is -3.40. The number of aromatic amines is 1. The van der Waals surface area contributed by atoms with Gasteiger partial charge < -0.3 is 20.1 Å². The van der Waals surface area contributed by atoms with Crippen molar-refractivity contribution >= 4 is 34.3 Å². The summed E-state index contributed by atoms with van der Waals surface area (Å²) in [6, 6.07) is 6.74. The van der Waals surface area contributed by atoms with Crippen LogP contribution < -0.4 is 20.1 Å². The first kappa shape index (κ1) is 22.4. The summed E-state index contributed by atoms with van der Waals surface area (Å²) in [5, 5.41) is 12.7. The Morgan fingerprint density at radius 2 is 1.68 bits per heavy atom. The molecular weight excluding hydrogens is 470 g/mol. The van der Waals surface area contributed by atoms with E-state index in [4.69, 9.17) is 21.1 Å². The summed E-state index contributed by atoms with van der Waals surface area (Å²) < 4.78 is 38.3. The predicted octanol–water partition coefficient (Wildman–Crippen LogP) is 3.11. The minimum atomic E-state index is -0.624. The number of hydrogen-bond donors (Lipinski definition) is 3. The molecule has 0 radical (unpaired) electrons.